The van der Waals surface area contributed by atoms with Crippen molar-refractivity contribution in [1.82, 2.24) is 14.8 Å². The molecule has 2 heterocycles. The summed E-state index contributed by atoms with van der Waals surface area (Å²) in [6, 6.07) is 15.5. The fraction of sp³-hybridized carbons (Fsp3) is 0.448. The van der Waals surface area contributed by atoms with E-state index in [1.807, 2.05) is 60.0 Å². The van der Waals surface area contributed by atoms with Gasteiger partial charge in [0, 0.05) is 24.0 Å². The van der Waals surface area contributed by atoms with Crippen LogP contribution >= 0.6 is 0 Å². The van der Waals surface area contributed by atoms with Gasteiger partial charge < -0.3 is 24.3 Å². The van der Waals surface area contributed by atoms with Gasteiger partial charge in [0.1, 0.15) is 22.7 Å². The number of fused-ring (bicyclic) bond motifs is 3. The van der Waals surface area contributed by atoms with Crippen molar-refractivity contribution in [1.29, 1.82) is 0 Å². The Bertz CT molecular complexity index is 1260. The predicted molar refractivity (Wildman–Crippen MR) is 139 cm³/mol. The molecule has 5 rings (SSSR count). The van der Waals surface area contributed by atoms with Crippen molar-refractivity contribution < 1.29 is 19.1 Å². The summed E-state index contributed by atoms with van der Waals surface area (Å²) in [5, 5.41) is 4.28. The highest BCUT2D eigenvalue weighted by Gasteiger charge is 2.48. The molecule has 7 heteroatoms. The first-order chi connectivity index (χ1) is 17.4. The van der Waals surface area contributed by atoms with Gasteiger partial charge >= 0.3 is 0 Å². The van der Waals surface area contributed by atoms with E-state index in [1.165, 1.54) is 12.8 Å². The molecule has 2 aliphatic rings. The lowest BCUT2D eigenvalue weighted by Gasteiger charge is -2.44. The van der Waals surface area contributed by atoms with Gasteiger partial charge in [-0.25, -0.2) is 0 Å². The van der Waals surface area contributed by atoms with E-state index < -0.39 is 5.54 Å². The van der Waals surface area contributed by atoms with Crippen LogP contribution in [0.3, 0.4) is 0 Å². The van der Waals surface area contributed by atoms with Gasteiger partial charge in [-0.2, -0.15) is 0 Å². The number of carbonyl (C=O) groups excluding carboxylic acids is 2. The Morgan fingerprint density at radius 2 is 1.64 bits per heavy atom. The minimum Gasteiger partial charge on any atom is -0.497 e. The molecule has 7 nitrogen and oxygen atoms in total. The Morgan fingerprint density at radius 1 is 0.972 bits per heavy atom. The summed E-state index contributed by atoms with van der Waals surface area (Å²) in [5.41, 5.74) is 1.39. The maximum atomic E-state index is 14.0. The predicted octanol–water partition coefficient (Wildman–Crippen LogP) is 4.91. The number of amides is 2. The van der Waals surface area contributed by atoms with Crippen LogP contribution in [-0.4, -0.2) is 47.1 Å². The van der Waals surface area contributed by atoms with Crippen LogP contribution < -0.4 is 14.8 Å². The summed E-state index contributed by atoms with van der Waals surface area (Å²) in [5.74, 6) is 1.24. The number of rotatable bonds is 6. The summed E-state index contributed by atoms with van der Waals surface area (Å²) < 4.78 is 12.7. The van der Waals surface area contributed by atoms with Crippen LogP contribution in [0.25, 0.3) is 10.9 Å². The molecule has 1 fully saturated rings. The number of carbonyl (C=O) groups is 2. The van der Waals surface area contributed by atoms with E-state index in [9.17, 15) is 9.59 Å². The molecule has 0 spiro atoms. The van der Waals surface area contributed by atoms with Gasteiger partial charge in [-0.05, 0) is 55.7 Å². The molecule has 1 aromatic heterocycles. The number of benzene rings is 2. The average Bonchev–Trinajstić information content (AvgIpc) is 3.05. The van der Waals surface area contributed by atoms with Crippen molar-refractivity contribution in [2.24, 2.45) is 0 Å². The zero-order valence-electron chi connectivity index (χ0n) is 21.4. The lowest BCUT2D eigenvalue weighted by atomic mass is 9.93. The van der Waals surface area contributed by atoms with Gasteiger partial charge in [-0.3, -0.25) is 9.59 Å². The second kappa shape index (κ2) is 9.88. The number of methoxy groups -OCH3 is 2. The molecule has 0 unspecified atom stereocenters. The first-order valence-corrected chi connectivity index (χ1v) is 12.9. The number of aromatic nitrogens is 1. The smallest absolute Gasteiger partial charge is 0.271 e. The standard InChI is InChI=1S/C29H35N3O4/c1-29(28(34)30-22-8-6-4-5-7-9-22)19-31-25-17-24(36-3)15-12-21(25)16-26(31)27(33)32(29)18-20-10-13-23(35-2)14-11-20/h10-17,22H,4-9,18-19H2,1-3H3,(H,30,34)/t29-/m1/s1. The lowest BCUT2D eigenvalue weighted by Crippen LogP contribution is -2.64. The van der Waals surface area contributed by atoms with Gasteiger partial charge in [0.05, 0.1) is 26.3 Å². The molecular weight excluding hydrogens is 454 g/mol. The van der Waals surface area contributed by atoms with E-state index in [2.05, 4.69) is 5.32 Å². The van der Waals surface area contributed by atoms with E-state index >= 15 is 0 Å². The molecule has 3 aromatic rings. The Morgan fingerprint density at radius 3 is 2.31 bits per heavy atom. The fourth-order valence-electron chi connectivity index (χ4n) is 5.58. The molecule has 1 aliphatic carbocycles. The van der Waals surface area contributed by atoms with E-state index in [0.29, 0.717) is 18.8 Å². The summed E-state index contributed by atoms with van der Waals surface area (Å²) in [6.45, 7) is 2.61. The van der Waals surface area contributed by atoms with Crippen molar-refractivity contribution in [3.8, 4) is 11.5 Å². The van der Waals surface area contributed by atoms with Gasteiger partial charge in [0.2, 0.25) is 5.91 Å². The highest BCUT2D eigenvalue weighted by Crippen LogP contribution is 2.35. The topological polar surface area (TPSA) is 72.8 Å². The van der Waals surface area contributed by atoms with Crippen LogP contribution in [0, 0.1) is 0 Å². The van der Waals surface area contributed by atoms with Crippen LogP contribution in [0.5, 0.6) is 11.5 Å². The molecule has 36 heavy (non-hydrogen) atoms. The minimum absolute atomic E-state index is 0.0911. The van der Waals surface area contributed by atoms with E-state index in [-0.39, 0.29) is 17.9 Å². The van der Waals surface area contributed by atoms with Gasteiger partial charge in [0.25, 0.3) is 5.91 Å². The Balaban J connectivity index is 1.54. The van der Waals surface area contributed by atoms with E-state index in [4.69, 9.17) is 9.47 Å². The van der Waals surface area contributed by atoms with E-state index in [0.717, 1.165) is 53.6 Å². The molecule has 1 N–H and O–H groups in total. The van der Waals surface area contributed by atoms with Crippen LogP contribution in [0.4, 0.5) is 0 Å². The van der Waals surface area contributed by atoms with Crippen molar-refractivity contribution in [3.63, 3.8) is 0 Å². The third-order valence-electron chi connectivity index (χ3n) is 7.82. The number of nitrogens with zero attached hydrogens (tertiary/aromatic N) is 2. The fourth-order valence-corrected chi connectivity index (χ4v) is 5.58. The summed E-state index contributed by atoms with van der Waals surface area (Å²) in [4.78, 5) is 29.7. The molecule has 0 radical (unpaired) electrons. The monoisotopic (exact) mass is 489 g/mol. The zero-order chi connectivity index (χ0) is 25.3. The molecule has 190 valence electrons. The summed E-state index contributed by atoms with van der Waals surface area (Å²) in [6.07, 6.45) is 6.66. The van der Waals surface area contributed by atoms with Crippen LogP contribution in [0.2, 0.25) is 0 Å². The molecule has 1 atom stereocenters. The van der Waals surface area contributed by atoms with Crippen LogP contribution in [-0.2, 0) is 17.9 Å². The highest BCUT2D eigenvalue weighted by atomic mass is 16.5. The van der Waals surface area contributed by atoms with Gasteiger partial charge in [0.15, 0.2) is 0 Å². The third-order valence-corrected chi connectivity index (χ3v) is 7.82. The summed E-state index contributed by atoms with van der Waals surface area (Å²) in [7, 11) is 3.26. The molecule has 2 aromatic carbocycles. The van der Waals surface area contributed by atoms with Crippen LogP contribution in [0.1, 0.15) is 61.5 Å². The number of hydrogen-bond donors (Lipinski definition) is 1. The second-order valence-corrected chi connectivity index (χ2v) is 10.2. The van der Waals surface area contributed by atoms with Crippen molar-refractivity contribution in [2.45, 2.75) is 70.1 Å². The van der Waals surface area contributed by atoms with Crippen molar-refractivity contribution >= 4 is 22.7 Å². The zero-order valence-corrected chi connectivity index (χ0v) is 21.4. The maximum absolute atomic E-state index is 14.0. The normalized spacial score (nSPS) is 20.6. The Labute approximate surface area is 212 Å². The maximum Gasteiger partial charge on any atom is 0.271 e. The van der Waals surface area contributed by atoms with Crippen molar-refractivity contribution in [2.75, 3.05) is 14.2 Å². The summed E-state index contributed by atoms with van der Waals surface area (Å²) >= 11 is 0. The molecule has 1 saturated carbocycles. The first-order valence-electron chi connectivity index (χ1n) is 12.9. The number of hydrogen-bond acceptors (Lipinski definition) is 4. The Hall–Kier alpha value is -3.48. The second-order valence-electron chi connectivity index (χ2n) is 10.2. The Kier molecular flexibility index (Phi) is 6.65. The number of nitrogens with one attached hydrogen (secondary N) is 1. The first kappa shape index (κ1) is 24.2. The molecule has 2 amide bonds. The minimum atomic E-state index is -1.05. The average molecular weight is 490 g/mol. The quantitative estimate of drug-likeness (QED) is 0.499. The molecular formula is C29H35N3O4. The molecule has 0 bridgehead atoms. The van der Waals surface area contributed by atoms with Crippen molar-refractivity contribution in [3.05, 3.63) is 59.8 Å². The SMILES string of the molecule is COc1ccc(CN2C(=O)c3cc4ccc(OC)cc4n3C[C@]2(C)C(=O)NC2CCCCCC2)cc1. The van der Waals surface area contributed by atoms with Gasteiger partial charge in [-0.1, -0.05) is 37.8 Å². The molecule has 0 saturated heterocycles. The van der Waals surface area contributed by atoms with Gasteiger partial charge in [-0.15, -0.1) is 0 Å². The van der Waals surface area contributed by atoms with E-state index in [1.54, 1.807) is 19.1 Å². The van der Waals surface area contributed by atoms with Crippen LogP contribution in [0.15, 0.2) is 48.5 Å². The largest absolute Gasteiger partial charge is 0.497 e. The number of ether oxygens (including phenoxy) is 2. The lowest BCUT2D eigenvalue weighted by molar-refractivity contribution is -0.134. The molecule has 1 aliphatic heterocycles. The highest BCUT2D eigenvalue weighted by molar-refractivity contribution is 6.03. The third kappa shape index (κ3) is 4.43.